The van der Waals surface area contributed by atoms with Gasteiger partial charge in [-0.3, -0.25) is 4.99 Å². The van der Waals surface area contributed by atoms with Gasteiger partial charge in [0, 0.05) is 28.7 Å². The number of hydrogen-bond acceptors (Lipinski definition) is 3. The lowest BCUT2D eigenvalue weighted by Gasteiger charge is -2.18. The number of nitrogens with one attached hydrogen (secondary N) is 1. The molecule has 23 heavy (non-hydrogen) atoms. The minimum atomic E-state index is -0.374. The van der Waals surface area contributed by atoms with E-state index < -0.39 is 0 Å². The molecule has 0 aliphatic carbocycles. The van der Waals surface area contributed by atoms with Gasteiger partial charge in [-0.25, -0.2) is 4.39 Å². The van der Waals surface area contributed by atoms with Gasteiger partial charge in [-0.05, 0) is 30.7 Å². The van der Waals surface area contributed by atoms with Crippen molar-refractivity contribution < 1.29 is 9.13 Å². The Morgan fingerprint density at radius 2 is 1.87 bits per heavy atom. The maximum atomic E-state index is 14.3. The maximum absolute atomic E-state index is 14.3. The lowest BCUT2D eigenvalue weighted by Crippen LogP contribution is -2.31. The predicted octanol–water partition coefficient (Wildman–Crippen LogP) is 4.45. The summed E-state index contributed by atoms with van der Waals surface area (Å²) in [6.07, 6.45) is 0.934. The summed E-state index contributed by atoms with van der Waals surface area (Å²) in [5.74, 6) is 0.560. The van der Waals surface area contributed by atoms with E-state index in [1.54, 1.807) is 30.3 Å². The molecule has 1 aliphatic rings. The monoisotopic (exact) mass is 352 g/mol. The van der Waals surface area contributed by atoms with E-state index in [-0.39, 0.29) is 12.4 Å². The number of hydrogen-bond donors (Lipinski definition) is 1. The van der Waals surface area contributed by atoms with E-state index in [4.69, 9.17) is 27.9 Å². The fourth-order valence-electron chi connectivity index (χ4n) is 2.37. The highest BCUT2D eigenvalue weighted by Crippen LogP contribution is 2.28. The fourth-order valence-corrected chi connectivity index (χ4v) is 2.88. The van der Waals surface area contributed by atoms with Crippen molar-refractivity contribution in [1.82, 2.24) is 5.32 Å². The summed E-state index contributed by atoms with van der Waals surface area (Å²) in [5, 5.41) is 4.15. The summed E-state index contributed by atoms with van der Waals surface area (Å²) < 4.78 is 20.1. The Bertz CT molecular complexity index is 729. The van der Waals surface area contributed by atoms with Gasteiger partial charge in [0.15, 0.2) is 0 Å². The zero-order chi connectivity index (χ0) is 16.2. The van der Waals surface area contributed by atoms with E-state index in [1.165, 1.54) is 6.07 Å². The van der Waals surface area contributed by atoms with Crippen LogP contribution >= 0.6 is 23.2 Å². The molecule has 0 amide bonds. The number of amidine groups is 1. The second-order valence-corrected chi connectivity index (χ2v) is 5.93. The smallest absolute Gasteiger partial charge is 0.137 e. The molecular formula is C17H15Cl2FN2O. The van der Waals surface area contributed by atoms with Crippen LogP contribution in [-0.4, -0.2) is 18.9 Å². The number of nitrogens with zero attached hydrogens (tertiary/aromatic N) is 1. The fraction of sp³-hybridized carbons (Fsp3) is 0.235. The number of halogens is 3. The zero-order valence-corrected chi connectivity index (χ0v) is 13.8. The Morgan fingerprint density at radius 3 is 2.57 bits per heavy atom. The van der Waals surface area contributed by atoms with Gasteiger partial charge >= 0.3 is 0 Å². The molecule has 0 atom stereocenters. The molecule has 120 valence electrons. The van der Waals surface area contributed by atoms with Crippen LogP contribution in [0.4, 0.5) is 4.39 Å². The number of aliphatic imine (C=N–C) groups is 1. The molecule has 3 nitrogen and oxygen atoms in total. The molecule has 0 saturated carbocycles. The molecule has 2 aromatic carbocycles. The van der Waals surface area contributed by atoms with E-state index >= 15 is 0 Å². The van der Waals surface area contributed by atoms with E-state index in [2.05, 4.69) is 10.3 Å². The third-order valence-corrected chi connectivity index (χ3v) is 4.25. The van der Waals surface area contributed by atoms with Crippen LogP contribution in [0.25, 0.3) is 0 Å². The second-order valence-electron chi connectivity index (χ2n) is 5.11. The number of ether oxygens (including phenoxy) is 1. The van der Waals surface area contributed by atoms with Gasteiger partial charge in [0.25, 0.3) is 0 Å². The Kier molecular flexibility index (Phi) is 5.03. The molecule has 6 heteroatoms. The summed E-state index contributed by atoms with van der Waals surface area (Å²) in [7, 11) is 0. The van der Waals surface area contributed by atoms with Crippen LogP contribution in [-0.2, 0) is 6.61 Å². The average molecular weight is 353 g/mol. The van der Waals surface area contributed by atoms with Crippen molar-refractivity contribution in [2.45, 2.75) is 13.0 Å². The van der Waals surface area contributed by atoms with Crippen molar-refractivity contribution in [3.8, 4) is 5.75 Å². The minimum absolute atomic E-state index is 0.155. The predicted molar refractivity (Wildman–Crippen MR) is 91.2 cm³/mol. The molecule has 0 radical (unpaired) electrons. The van der Waals surface area contributed by atoms with Crippen LogP contribution in [0.1, 0.15) is 17.5 Å². The van der Waals surface area contributed by atoms with Crippen LogP contribution in [0.3, 0.4) is 0 Å². The summed E-state index contributed by atoms with van der Waals surface area (Å²) in [4.78, 5) is 4.34. The normalized spacial score (nSPS) is 14.1. The highest BCUT2D eigenvalue weighted by Gasteiger charge is 2.18. The highest BCUT2D eigenvalue weighted by molar-refractivity contribution is 6.35. The van der Waals surface area contributed by atoms with Crippen molar-refractivity contribution in [3.63, 3.8) is 0 Å². The first-order valence-electron chi connectivity index (χ1n) is 7.29. The molecular weight excluding hydrogens is 338 g/mol. The minimum Gasteiger partial charge on any atom is -0.488 e. The first kappa shape index (κ1) is 16.1. The SMILES string of the molecule is Fc1cccc(OCc2c(Cl)cccc2Cl)c1C1=NCCCN1. The topological polar surface area (TPSA) is 33.6 Å². The third kappa shape index (κ3) is 3.59. The van der Waals surface area contributed by atoms with Crippen LogP contribution in [0.2, 0.25) is 10.0 Å². The Hall–Kier alpha value is -1.78. The van der Waals surface area contributed by atoms with Gasteiger partial charge in [0.2, 0.25) is 0 Å². The van der Waals surface area contributed by atoms with Gasteiger partial charge in [0.05, 0.1) is 5.56 Å². The first-order chi connectivity index (χ1) is 11.2. The van der Waals surface area contributed by atoms with E-state index in [0.29, 0.717) is 39.3 Å². The van der Waals surface area contributed by atoms with Gasteiger partial charge in [-0.1, -0.05) is 35.3 Å². The molecule has 0 unspecified atom stereocenters. The zero-order valence-electron chi connectivity index (χ0n) is 12.3. The lowest BCUT2D eigenvalue weighted by atomic mass is 10.1. The quantitative estimate of drug-likeness (QED) is 0.881. The first-order valence-corrected chi connectivity index (χ1v) is 8.05. The summed E-state index contributed by atoms with van der Waals surface area (Å²) >= 11 is 12.3. The third-order valence-electron chi connectivity index (χ3n) is 3.54. The molecule has 0 saturated heterocycles. The molecule has 0 fully saturated rings. The summed E-state index contributed by atoms with van der Waals surface area (Å²) in [5.41, 5.74) is 1.01. The van der Waals surface area contributed by atoms with Crippen molar-refractivity contribution in [1.29, 1.82) is 0 Å². The van der Waals surface area contributed by atoms with Crippen LogP contribution in [0.5, 0.6) is 5.75 Å². The van der Waals surface area contributed by atoms with Crippen molar-refractivity contribution >= 4 is 29.0 Å². The van der Waals surface area contributed by atoms with Crippen LogP contribution in [0, 0.1) is 5.82 Å². The average Bonchev–Trinajstić information content (AvgIpc) is 2.55. The molecule has 1 heterocycles. The molecule has 2 aromatic rings. The Morgan fingerprint density at radius 1 is 1.13 bits per heavy atom. The summed E-state index contributed by atoms with van der Waals surface area (Å²) in [6.45, 7) is 1.59. The highest BCUT2D eigenvalue weighted by atomic mass is 35.5. The van der Waals surface area contributed by atoms with E-state index in [1.807, 2.05) is 0 Å². The Labute approximate surface area is 144 Å². The van der Waals surface area contributed by atoms with E-state index in [9.17, 15) is 4.39 Å². The number of benzene rings is 2. The van der Waals surface area contributed by atoms with Gasteiger partial charge in [0.1, 0.15) is 24.0 Å². The van der Waals surface area contributed by atoms with Crippen molar-refractivity contribution in [2.24, 2.45) is 4.99 Å². The van der Waals surface area contributed by atoms with Gasteiger partial charge in [-0.15, -0.1) is 0 Å². The lowest BCUT2D eigenvalue weighted by molar-refractivity contribution is 0.304. The molecule has 3 rings (SSSR count). The van der Waals surface area contributed by atoms with E-state index in [0.717, 1.165) is 13.0 Å². The van der Waals surface area contributed by atoms with Crippen LogP contribution < -0.4 is 10.1 Å². The van der Waals surface area contributed by atoms with Gasteiger partial charge in [-0.2, -0.15) is 0 Å². The largest absolute Gasteiger partial charge is 0.488 e. The summed E-state index contributed by atoms with van der Waals surface area (Å²) in [6, 6.07) is 9.95. The van der Waals surface area contributed by atoms with Crippen molar-refractivity contribution in [3.05, 3.63) is 63.4 Å². The Balaban J connectivity index is 1.89. The standard InChI is InChI=1S/C17H15Cl2FN2O/c18-12-4-1-5-13(19)11(12)10-23-15-7-2-6-14(20)16(15)17-21-8-3-9-22-17/h1-2,4-7H,3,8-10H2,(H,21,22). The molecule has 1 aliphatic heterocycles. The molecule has 0 bridgehead atoms. The second kappa shape index (κ2) is 7.20. The van der Waals surface area contributed by atoms with Gasteiger partial charge < -0.3 is 10.1 Å². The number of rotatable bonds is 4. The molecule has 0 aromatic heterocycles. The molecule has 1 N–H and O–H groups in total. The van der Waals surface area contributed by atoms with Crippen LogP contribution in [0.15, 0.2) is 41.4 Å². The molecule has 0 spiro atoms. The maximum Gasteiger partial charge on any atom is 0.137 e. The van der Waals surface area contributed by atoms with Crippen molar-refractivity contribution in [2.75, 3.05) is 13.1 Å².